The Morgan fingerprint density at radius 3 is 2.78 bits per heavy atom. The second-order valence-electron chi connectivity index (χ2n) is 6.41. The maximum Gasteiger partial charge on any atom is 0.0226 e. The van der Waals surface area contributed by atoms with Crippen LogP contribution in [0.1, 0.15) is 45.4 Å². The number of rotatable bonds is 6. The van der Waals surface area contributed by atoms with Crippen molar-refractivity contribution < 1.29 is 0 Å². The number of nitrogens with one attached hydrogen (secondary N) is 1. The van der Waals surface area contributed by atoms with Crippen LogP contribution in [-0.2, 0) is 0 Å². The third-order valence-corrected chi connectivity index (χ3v) is 4.56. The van der Waals surface area contributed by atoms with E-state index in [4.69, 9.17) is 0 Å². The van der Waals surface area contributed by atoms with Crippen LogP contribution >= 0.6 is 0 Å². The van der Waals surface area contributed by atoms with E-state index in [0.717, 1.165) is 18.1 Å². The lowest BCUT2D eigenvalue weighted by Gasteiger charge is -2.32. The van der Waals surface area contributed by atoms with Gasteiger partial charge in [0.05, 0.1) is 0 Å². The Balaban J connectivity index is 1.80. The van der Waals surface area contributed by atoms with Gasteiger partial charge in [-0.25, -0.2) is 0 Å². The molecule has 0 aromatic heterocycles. The van der Waals surface area contributed by atoms with E-state index in [-0.39, 0.29) is 0 Å². The van der Waals surface area contributed by atoms with E-state index in [1.165, 1.54) is 58.2 Å². The highest BCUT2D eigenvalue weighted by Crippen LogP contribution is 2.30. The van der Waals surface area contributed by atoms with Gasteiger partial charge in [-0.1, -0.05) is 6.92 Å². The summed E-state index contributed by atoms with van der Waals surface area (Å²) in [5.41, 5.74) is 0. The lowest BCUT2D eigenvalue weighted by atomic mass is 10.1. The van der Waals surface area contributed by atoms with Crippen LogP contribution in [0.3, 0.4) is 0 Å². The zero-order valence-electron chi connectivity index (χ0n) is 12.5. The summed E-state index contributed by atoms with van der Waals surface area (Å²) >= 11 is 0. The van der Waals surface area contributed by atoms with Crippen LogP contribution in [0.15, 0.2) is 0 Å². The Bertz CT molecular complexity index is 242. The Morgan fingerprint density at radius 1 is 1.22 bits per heavy atom. The van der Waals surface area contributed by atoms with Crippen LogP contribution in [0, 0.1) is 0 Å². The molecule has 3 heteroatoms. The molecule has 0 bridgehead atoms. The molecule has 1 aliphatic carbocycles. The zero-order chi connectivity index (χ0) is 13.0. The van der Waals surface area contributed by atoms with Crippen LogP contribution in [0.25, 0.3) is 0 Å². The molecule has 2 fully saturated rings. The average Bonchev–Trinajstić information content (AvgIpc) is 2.93. The second-order valence-corrected chi connectivity index (χ2v) is 6.41. The van der Waals surface area contributed by atoms with Crippen LogP contribution in [0.4, 0.5) is 0 Å². The first-order chi connectivity index (χ1) is 8.70. The van der Waals surface area contributed by atoms with Gasteiger partial charge in [0.1, 0.15) is 0 Å². The van der Waals surface area contributed by atoms with E-state index >= 15 is 0 Å². The molecule has 3 atom stereocenters. The lowest BCUT2D eigenvalue weighted by molar-refractivity contribution is 0.152. The third kappa shape index (κ3) is 3.69. The normalized spacial score (nSPS) is 33.7. The minimum absolute atomic E-state index is 0.788. The Kier molecular flexibility index (Phi) is 5.46. The fourth-order valence-corrected chi connectivity index (χ4v) is 3.75. The van der Waals surface area contributed by atoms with Gasteiger partial charge in [0.2, 0.25) is 0 Å². The minimum Gasteiger partial charge on any atom is -0.314 e. The molecule has 3 nitrogen and oxygen atoms in total. The molecule has 1 saturated carbocycles. The van der Waals surface area contributed by atoms with Crippen molar-refractivity contribution in [1.29, 1.82) is 0 Å². The van der Waals surface area contributed by atoms with Gasteiger partial charge in [-0.3, -0.25) is 4.90 Å². The van der Waals surface area contributed by atoms with E-state index in [1.807, 2.05) is 0 Å². The summed E-state index contributed by atoms with van der Waals surface area (Å²) in [6.45, 7) is 6.03. The van der Waals surface area contributed by atoms with Crippen molar-refractivity contribution in [3.63, 3.8) is 0 Å². The minimum atomic E-state index is 0.788. The highest BCUT2D eigenvalue weighted by atomic mass is 15.2. The largest absolute Gasteiger partial charge is 0.314 e. The summed E-state index contributed by atoms with van der Waals surface area (Å²) in [6.07, 6.45) is 8.24. The first kappa shape index (κ1) is 14.3. The SMILES string of the molecule is CCCNC1CCC(N2CCCC2CN(C)C)C1. The molecule has 2 rings (SSSR count). The Labute approximate surface area is 113 Å². The van der Waals surface area contributed by atoms with Gasteiger partial charge < -0.3 is 10.2 Å². The van der Waals surface area contributed by atoms with Crippen molar-refractivity contribution in [3.05, 3.63) is 0 Å². The van der Waals surface area contributed by atoms with E-state index in [0.29, 0.717) is 0 Å². The molecule has 1 N–H and O–H groups in total. The van der Waals surface area contributed by atoms with Gasteiger partial charge in [0, 0.05) is 24.7 Å². The first-order valence-electron chi connectivity index (χ1n) is 7.84. The molecule has 106 valence electrons. The molecule has 0 amide bonds. The predicted octanol–water partition coefficient (Wildman–Crippen LogP) is 1.93. The zero-order valence-corrected chi connectivity index (χ0v) is 12.5. The van der Waals surface area contributed by atoms with Crippen molar-refractivity contribution in [2.24, 2.45) is 0 Å². The monoisotopic (exact) mass is 253 g/mol. The van der Waals surface area contributed by atoms with Gasteiger partial charge in [0.15, 0.2) is 0 Å². The molecule has 3 unspecified atom stereocenters. The Morgan fingerprint density at radius 2 is 2.06 bits per heavy atom. The Hall–Kier alpha value is -0.120. The maximum atomic E-state index is 3.70. The summed E-state index contributed by atoms with van der Waals surface area (Å²) in [5, 5.41) is 3.70. The van der Waals surface area contributed by atoms with Gasteiger partial charge >= 0.3 is 0 Å². The second kappa shape index (κ2) is 6.88. The molecule has 0 radical (unpaired) electrons. The third-order valence-electron chi connectivity index (χ3n) is 4.56. The smallest absolute Gasteiger partial charge is 0.0226 e. The maximum absolute atomic E-state index is 3.70. The van der Waals surface area contributed by atoms with E-state index in [1.54, 1.807) is 0 Å². The first-order valence-corrected chi connectivity index (χ1v) is 7.84. The van der Waals surface area contributed by atoms with Crippen molar-refractivity contribution in [3.8, 4) is 0 Å². The van der Waals surface area contributed by atoms with Crippen LogP contribution < -0.4 is 5.32 Å². The van der Waals surface area contributed by atoms with Crippen molar-refractivity contribution >= 4 is 0 Å². The quantitative estimate of drug-likeness (QED) is 0.780. The lowest BCUT2D eigenvalue weighted by Crippen LogP contribution is -2.43. The van der Waals surface area contributed by atoms with Crippen LogP contribution in [0.5, 0.6) is 0 Å². The number of hydrogen-bond donors (Lipinski definition) is 1. The standard InChI is InChI=1S/C15H31N3/c1-4-9-16-13-7-8-14(11-13)18-10-5-6-15(18)12-17(2)3/h13-16H,4-12H2,1-3H3. The predicted molar refractivity (Wildman–Crippen MR) is 78.0 cm³/mol. The summed E-state index contributed by atoms with van der Waals surface area (Å²) in [5.74, 6) is 0. The number of hydrogen-bond acceptors (Lipinski definition) is 3. The molecule has 0 aromatic carbocycles. The fourth-order valence-electron chi connectivity index (χ4n) is 3.75. The molecule has 0 spiro atoms. The number of likely N-dealkylation sites (N-methyl/N-ethyl adjacent to an activating group) is 1. The summed E-state index contributed by atoms with van der Waals surface area (Å²) < 4.78 is 0. The molecule has 2 aliphatic rings. The van der Waals surface area contributed by atoms with Crippen molar-refractivity contribution in [2.75, 3.05) is 33.7 Å². The number of nitrogens with zero attached hydrogens (tertiary/aromatic N) is 2. The molecule has 1 heterocycles. The van der Waals surface area contributed by atoms with Crippen LogP contribution in [0.2, 0.25) is 0 Å². The molecule has 0 aromatic rings. The van der Waals surface area contributed by atoms with E-state index < -0.39 is 0 Å². The van der Waals surface area contributed by atoms with Gasteiger partial charge in [0.25, 0.3) is 0 Å². The highest BCUT2D eigenvalue weighted by molar-refractivity contribution is 4.92. The summed E-state index contributed by atoms with van der Waals surface area (Å²) in [4.78, 5) is 5.17. The van der Waals surface area contributed by atoms with E-state index in [2.05, 4.69) is 36.1 Å². The topological polar surface area (TPSA) is 18.5 Å². The van der Waals surface area contributed by atoms with Crippen molar-refractivity contribution in [1.82, 2.24) is 15.1 Å². The fraction of sp³-hybridized carbons (Fsp3) is 1.00. The molecular weight excluding hydrogens is 222 g/mol. The highest BCUT2D eigenvalue weighted by Gasteiger charge is 2.35. The van der Waals surface area contributed by atoms with Gasteiger partial charge in [-0.05, 0) is 65.7 Å². The van der Waals surface area contributed by atoms with Gasteiger partial charge in [-0.15, -0.1) is 0 Å². The summed E-state index contributed by atoms with van der Waals surface area (Å²) in [6, 6.07) is 2.46. The molecule has 1 aliphatic heterocycles. The van der Waals surface area contributed by atoms with E-state index in [9.17, 15) is 0 Å². The van der Waals surface area contributed by atoms with Gasteiger partial charge in [-0.2, -0.15) is 0 Å². The van der Waals surface area contributed by atoms with Crippen molar-refractivity contribution in [2.45, 2.75) is 63.6 Å². The molecular formula is C15H31N3. The average molecular weight is 253 g/mol. The number of likely N-dealkylation sites (tertiary alicyclic amines) is 1. The molecule has 18 heavy (non-hydrogen) atoms. The van der Waals surface area contributed by atoms with Crippen LogP contribution in [-0.4, -0.2) is 61.7 Å². The molecule has 1 saturated heterocycles. The summed E-state index contributed by atoms with van der Waals surface area (Å²) in [7, 11) is 4.41.